The number of anilines is 1. The van der Waals surface area contributed by atoms with Gasteiger partial charge in [-0.3, -0.25) is 4.90 Å². The molecule has 0 spiro atoms. The Morgan fingerprint density at radius 2 is 1.68 bits per heavy atom. The van der Waals surface area contributed by atoms with Crippen LogP contribution >= 0.6 is 0 Å². The molecule has 3 nitrogen and oxygen atoms in total. The van der Waals surface area contributed by atoms with Gasteiger partial charge in [0.05, 0.1) is 6.10 Å². The van der Waals surface area contributed by atoms with Crippen molar-refractivity contribution >= 4 is 5.69 Å². The maximum absolute atomic E-state index is 9.62. The summed E-state index contributed by atoms with van der Waals surface area (Å²) in [6.45, 7) is 10.8. The minimum Gasteiger partial charge on any atom is -0.393 e. The summed E-state index contributed by atoms with van der Waals surface area (Å²) in [5, 5.41) is 9.62. The third kappa shape index (κ3) is 3.71. The molecule has 1 aromatic rings. The van der Waals surface area contributed by atoms with Gasteiger partial charge >= 0.3 is 0 Å². The molecule has 0 saturated carbocycles. The number of nitrogens with zero attached hydrogens (tertiary/aromatic N) is 2. The van der Waals surface area contributed by atoms with Crippen LogP contribution in [0.1, 0.15) is 26.3 Å². The Morgan fingerprint density at radius 1 is 1.05 bits per heavy atom. The molecule has 19 heavy (non-hydrogen) atoms. The zero-order valence-corrected chi connectivity index (χ0v) is 12.3. The lowest BCUT2D eigenvalue weighted by Crippen LogP contribution is -2.49. The first kappa shape index (κ1) is 14.4. The summed E-state index contributed by atoms with van der Waals surface area (Å²) in [5.74, 6) is 0. The predicted molar refractivity (Wildman–Crippen MR) is 80.7 cm³/mol. The van der Waals surface area contributed by atoms with Gasteiger partial charge in [-0.1, -0.05) is 18.2 Å². The Kier molecular flexibility index (Phi) is 4.83. The monoisotopic (exact) mass is 262 g/mol. The van der Waals surface area contributed by atoms with E-state index < -0.39 is 0 Å². The first-order valence-electron chi connectivity index (χ1n) is 7.33. The van der Waals surface area contributed by atoms with Crippen LogP contribution in [0.15, 0.2) is 24.3 Å². The molecule has 1 N–H and O–H groups in total. The SMILES string of the molecule is CC(O)Cc1ccccc1N1CCN(C(C)C)CC1. The van der Waals surface area contributed by atoms with Crippen LogP contribution in [-0.2, 0) is 6.42 Å². The molecule has 2 rings (SSSR count). The highest BCUT2D eigenvalue weighted by Gasteiger charge is 2.20. The molecule has 1 aliphatic rings. The van der Waals surface area contributed by atoms with Crippen LogP contribution in [0.4, 0.5) is 5.69 Å². The number of para-hydroxylation sites is 1. The van der Waals surface area contributed by atoms with Crippen molar-refractivity contribution in [2.45, 2.75) is 39.3 Å². The number of aliphatic hydroxyl groups excluding tert-OH is 1. The standard InChI is InChI=1S/C16H26N2O/c1-13(2)17-8-10-18(11-9-17)16-7-5-4-6-15(16)12-14(3)19/h4-7,13-14,19H,8-12H2,1-3H3. The van der Waals surface area contributed by atoms with E-state index in [2.05, 4.69) is 47.9 Å². The van der Waals surface area contributed by atoms with Gasteiger partial charge in [-0.2, -0.15) is 0 Å². The normalized spacial score (nSPS) is 18.9. The van der Waals surface area contributed by atoms with E-state index in [1.165, 1.54) is 11.3 Å². The Morgan fingerprint density at radius 3 is 2.26 bits per heavy atom. The largest absolute Gasteiger partial charge is 0.393 e. The van der Waals surface area contributed by atoms with E-state index in [1.54, 1.807) is 0 Å². The topological polar surface area (TPSA) is 26.7 Å². The van der Waals surface area contributed by atoms with Crippen molar-refractivity contribution in [1.82, 2.24) is 4.90 Å². The van der Waals surface area contributed by atoms with Gasteiger partial charge in [0.25, 0.3) is 0 Å². The maximum Gasteiger partial charge on any atom is 0.0553 e. The quantitative estimate of drug-likeness (QED) is 0.900. The second-order valence-corrected chi connectivity index (χ2v) is 5.80. The second-order valence-electron chi connectivity index (χ2n) is 5.80. The second kappa shape index (κ2) is 6.40. The van der Waals surface area contributed by atoms with Crippen LogP contribution in [0, 0.1) is 0 Å². The molecule has 1 fully saturated rings. The fourth-order valence-corrected chi connectivity index (χ4v) is 2.79. The Balaban J connectivity index is 2.06. The van der Waals surface area contributed by atoms with Gasteiger partial charge in [-0.25, -0.2) is 0 Å². The zero-order valence-electron chi connectivity index (χ0n) is 12.3. The van der Waals surface area contributed by atoms with Crippen molar-refractivity contribution in [1.29, 1.82) is 0 Å². The number of rotatable bonds is 4. The first-order valence-corrected chi connectivity index (χ1v) is 7.33. The van der Waals surface area contributed by atoms with E-state index in [9.17, 15) is 5.11 Å². The molecule has 1 atom stereocenters. The van der Waals surface area contributed by atoms with E-state index in [0.29, 0.717) is 6.04 Å². The summed E-state index contributed by atoms with van der Waals surface area (Å²) in [7, 11) is 0. The fourth-order valence-electron chi connectivity index (χ4n) is 2.79. The molecule has 1 saturated heterocycles. The fraction of sp³-hybridized carbons (Fsp3) is 0.625. The molecule has 0 radical (unpaired) electrons. The van der Waals surface area contributed by atoms with Crippen LogP contribution in [-0.4, -0.2) is 48.3 Å². The summed E-state index contributed by atoms with van der Waals surface area (Å²) in [5.41, 5.74) is 2.56. The molecule has 0 aliphatic carbocycles. The molecule has 0 bridgehead atoms. The average Bonchev–Trinajstić information content (AvgIpc) is 2.39. The molecule has 1 heterocycles. The van der Waals surface area contributed by atoms with E-state index in [4.69, 9.17) is 0 Å². The van der Waals surface area contributed by atoms with Gasteiger partial charge in [-0.15, -0.1) is 0 Å². The molecule has 0 amide bonds. The van der Waals surface area contributed by atoms with Crippen molar-refractivity contribution in [3.63, 3.8) is 0 Å². The number of piperazine rings is 1. The highest BCUT2D eigenvalue weighted by molar-refractivity contribution is 5.54. The van der Waals surface area contributed by atoms with Crippen molar-refractivity contribution in [2.75, 3.05) is 31.1 Å². The number of hydrogen-bond acceptors (Lipinski definition) is 3. The van der Waals surface area contributed by atoms with Crippen LogP contribution in [0.25, 0.3) is 0 Å². The molecular formula is C16H26N2O. The summed E-state index contributed by atoms with van der Waals surface area (Å²) < 4.78 is 0. The van der Waals surface area contributed by atoms with Crippen molar-refractivity contribution in [2.24, 2.45) is 0 Å². The first-order chi connectivity index (χ1) is 9.08. The molecular weight excluding hydrogens is 236 g/mol. The van der Waals surface area contributed by atoms with Crippen LogP contribution in [0.3, 0.4) is 0 Å². The van der Waals surface area contributed by atoms with E-state index in [-0.39, 0.29) is 6.10 Å². The van der Waals surface area contributed by atoms with E-state index >= 15 is 0 Å². The van der Waals surface area contributed by atoms with Gasteiger partial charge in [0.15, 0.2) is 0 Å². The van der Waals surface area contributed by atoms with Crippen molar-refractivity contribution < 1.29 is 5.11 Å². The van der Waals surface area contributed by atoms with Crippen molar-refractivity contribution in [3.8, 4) is 0 Å². The molecule has 0 aromatic heterocycles. The minimum absolute atomic E-state index is 0.280. The van der Waals surface area contributed by atoms with Gasteiger partial charge in [0.2, 0.25) is 0 Å². The van der Waals surface area contributed by atoms with Gasteiger partial charge in [0, 0.05) is 44.3 Å². The maximum atomic E-state index is 9.62. The lowest BCUT2D eigenvalue weighted by Gasteiger charge is -2.39. The Labute approximate surface area is 116 Å². The number of aliphatic hydroxyl groups is 1. The van der Waals surface area contributed by atoms with E-state index in [0.717, 1.165) is 32.6 Å². The van der Waals surface area contributed by atoms with E-state index in [1.807, 2.05) is 6.92 Å². The summed E-state index contributed by atoms with van der Waals surface area (Å²) in [6, 6.07) is 9.11. The zero-order chi connectivity index (χ0) is 13.8. The molecule has 3 heteroatoms. The minimum atomic E-state index is -0.280. The van der Waals surface area contributed by atoms with Crippen LogP contribution in [0.2, 0.25) is 0 Å². The number of benzene rings is 1. The highest BCUT2D eigenvalue weighted by atomic mass is 16.3. The summed E-state index contributed by atoms with van der Waals surface area (Å²) in [6.07, 6.45) is 0.457. The third-order valence-electron chi connectivity index (χ3n) is 3.89. The average molecular weight is 262 g/mol. The lowest BCUT2D eigenvalue weighted by atomic mass is 10.0. The third-order valence-corrected chi connectivity index (χ3v) is 3.89. The predicted octanol–water partition coefficient (Wildman–Crippen LogP) is 2.14. The smallest absolute Gasteiger partial charge is 0.0553 e. The van der Waals surface area contributed by atoms with Gasteiger partial charge < -0.3 is 10.0 Å². The molecule has 1 unspecified atom stereocenters. The molecule has 1 aromatic carbocycles. The van der Waals surface area contributed by atoms with Gasteiger partial charge in [-0.05, 0) is 32.4 Å². The number of hydrogen-bond donors (Lipinski definition) is 1. The van der Waals surface area contributed by atoms with Crippen LogP contribution in [0.5, 0.6) is 0 Å². The Hall–Kier alpha value is -1.06. The van der Waals surface area contributed by atoms with Crippen molar-refractivity contribution in [3.05, 3.63) is 29.8 Å². The Bertz CT molecular complexity index is 395. The van der Waals surface area contributed by atoms with Gasteiger partial charge in [0.1, 0.15) is 0 Å². The molecule has 1 aliphatic heterocycles. The summed E-state index contributed by atoms with van der Waals surface area (Å²) in [4.78, 5) is 4.98. The molecule has 106 valence electrons. The summed E-state index contributed by atoms with van der Waals surface area (Å²) >= 11 is 0. The highest BCUT2D eigenvalue weighted by Crippen LogP contribution is 2.23. The lowest BCUT2D eigenvalue weighted by molar-refractivity contribution is 0.195. The van der Waals surface area contributed by atoms with Crippen LogP contribution < -0.4 is 4.90 Å².